The first-order valence-electron chi connectivity index (χ1n) is 8.75. The van der Waals surface area contributed by atoms with Crippen LogP contribution >= 0.6 is 0 Å². The van der Waals surface area contributed by atoms with E-state index in [4.69, 9.17) is 18.6 Å². The molecule has 0 spiro atoms. The molecule has 0 aliphatic heterocycles. The van der Waals surface area contributed by atoms with Gasteiger partial charge in [-0.25, -0.2) is 9.59 Å². The first-order chi connectivity index (χ1) is 13.9. The summed E-state index contributed by atoms with van der Waals surface area (Å²) in [5.41, 5.74) is 1.26. The molecule has 0 radical (unpaired) electrons. The zero-order chi connectivity index (χ0) is 21.0. The molecule has 0 unspecified atom stereocenters. The lowest BCUT2D eigenvalue weighted by Crippen LogP contribution is -2.06. The molecule has 1 N–H and O–H groups in total. The summed E-state index contributed by atoms with van der Waals surface area (Å²) in [6.07, 6.45) is 2.82. The maximum atomic E-state index is 12.2. The SMILES string of the molecule is COc1ccc(OC)c(/C=C/C(=O)OCc2cc(=O)oc3c(C)c(O)ccc23)c1. The summed E-state index contributed by atoms with van der Waals surface area (Å²) in [6, 6.07) is 9.59. The van der Waals surface area contributed by atoms with E-state index in [1.165, 1.54) is 25.3 Å². The molecule has 3 rings (SSSR count). The minimum Gasteiger partial charge on any atom is -0.508 e. The average Bonchev–Trinajstić information content (AvgIpc) is 2.73. The fraction of sp³-hybridized carbons (Fsp3) is 0.182. The van der Waals surface area contributed by atoms with E-state index in [1.54, 1.807) is 44.4 Å². The molecule has 0 fully saturated rings. The smallest absolute Gasteiger partial charge is 0.336 e. The number of methoxy groups -OCH3 is 2. The highest BCUT2D eigenvalue weighted by Gasteiger charge is 2.12. The van der Waals surface area contributed by atoms with Crippen molar-refractivity contribution in [3.8, 4) is 17.2 Å². The van der Waals surface area contributed by atoms with Crippen molar-refractivity contribution in [2.24, 2.45) is 0 Å². The van der Waals surface area contributed by atoms with Gasteiger partial charge in [0.2, 0.25) is 0 Å². The van der Waals surface area contributed by atoms with Gasteiger partial charge in [0.25, 0.3) is 0 Å². The second-order valence-electron chi connectivity index (χ2n) is 6.23. The Morgan fingerprint density at radius 3 is 2.66 bits per heavy atom. The highest BCUT2D eigenvalue weighted by atomic mass is 16.5. The quantitative estimate of drug-likeness (QED) is 0.386. The fourth-order valence-electron chi connectivity index (χ4n) is 2.86. The first-order valence-corrected chi connectivity index (χ1v) is 8.75. The van der Waals surface area contributed by atoms with E-state index in [0.29, 0.717) is 33.6 Å². The zero-order valence-corrected chi connectivity index (χ0v) is 16.2. The summed E-state index contributed by atoms with van der Waals surface area (Å²) < 4.78 is 20.9. The number of aromatic hydroxyl groups is 1. The lowest BCUT2D eigenvalue weighted by atomic mass is 10.1. The Balaban J connectivity index is 1.79. The van der Waals surface area contributed by atoms with E-state index in [2.05, 4.69) is 0 Å². The molecule has 2 aromatic carbocycles. The number of aryl methyl sites for hydroxylation is 1. The van der Waals surface area contributed by atoms with Crippen LogP contribution in [0.3, 0.4) is 0 Å². The number of carbonyl (C=O) groups excluding carboxylic acids is 1. The Kier molecular flexibility index (Phi) is 5.87. The standard InChI is InChI=1S/C22H20O7/c1-13-18(23)7-6-17-15(11-21(25)29-22(13)17)12-28-20(24)9-4-14-10-16(26-2)5-8-19(14)27-3/h4-11,23H,12H2,1-3H3/b9-4+. The first kappa shape index (κ1) is 20.0. The third-order valence-corrected chi connectivity index (χ3v) is 4.42. The normalized spacial score (nSPS) is 11.0. The molecule has 0 bridgehead atoms. The molecule has 7 heteroatoms. The predicted molar refractivity (Wildman–Crippen MR) is 107 cm³/mol. The summed E-state index contributed by atoms with van der Waals surface area (Å²) in [4.78, 5) is 24.0. The van der Waals surface area contributed by atoms with Crippen LogP contribution in [0.5, 0.6) is 17.2 Å². The summed E-state index contributed by atoms with van der Waals surface area (Å²) in [7, 11) is 3.08. The Labute approximate surface area is 166 Å². The maximum Gasteiger partial charge on any atom is 0.336 e. The van der Waals surface area contributed by atoms with Crippen molar-refractivity contribution >= 4 is 23.0 Å². The number of rotatable bonds is 6. The molecule has 1 heterocycles. The van der Waals surface area contributed by atoms with Gasteiger partial charge in [0.15, 0.2) is 0 Å². The van der Waals surface area contributed by atoms with Gasteiger partial charge >= 0.3 is 11.6 Å². The van der Waals surface area contributed by atoms with Crippen molar-refractivity contribution in [3.05, 3.63) is 69.6 Å². The van der Waals surface area contributed by atoms with Crippen LogP contribution in [-0.2, 0) is 16.1 Å². The molecular weight excluding hydrogens is 376 g/mol. The molecule has 0 saturated carbocycles. The van der Waals surface area contributed by atoms with Crippen LogP contribution in [0, 0.1) is 6.92 Å². The molecule has 29 heavy (non-hydrogen) atoms. The van der Waals surface area contributed by atoms with E-state index in [1.807, 2.05) is 0 Å². The van der Waals surface area contributed by atoms with E-state index in [9.17, 15) is 14.7 Å². The van der Waals surface area contributed by atoms with Crippen molar-refractivity contribution in [2.45, 2.75) is 13.5 Å². The molecule has 0 aliphatic carbocycles. The Morgan fingerprint density at radius 2 is 1.93 bits per heavy atom. The second kappa shape index (κ2) is 8.52. The van der Waals surface area contributed by atoms with Crippen LogP contribution in [0.4, 0.5) is 0 Å². The van der Waals surface area contributed by atoms with E-state index >= 15 is 0 Å². The number of benzene rings is 2. The lowest BCUT2D eigenvalue weighted by molar-refractivity contribution is -0.138. The van der Waals surface area contributed by atoms with E-state index in [-0.39, 0.29) is 17.9 Å². The lowest BCUT2D eigenvalue weighted by Gasteiger charge is -2.09. The Morgan fingerprint density at radius 1 is 1.14 bits per heavy atom. The fourth-order valence-corrected chi connectivity index (χ4v) is 2.86. The van der Waals surface area contributed by atoms with Crippen LogP contribution in [0.25, 0.3) is 17.0 Å². The van der Waals surface area contributed by atoms with Gasteiger partial charge in [0, 0.05) is 34.2 Å². The largest absolute Gasteiger partial charge is 0.508 e. The van der Waals surface area contributed by atoms with Crippen LogP contribution in [0.1, 0.15) is 16.7 Å². The number of hydrogen-bond acceptors (Lipinski definition) is 7. The van der Waals surface area contributed by atoms with Crippen LogP contribution in [0.15, 0.2) is 51.7 Å². The minimum atomic E-state index is -0.591. The van der Waals surface area contributed by atoms with Gasteiger partial charge in [-0.2, -0.15) is 0 Å². The number of hydrogen-bond donors (Lipinski definition) is 1. The topological polar surface area (TPSA) is 95.2 Å². The van der Waals surface area contributed by atoms with Crippen LogP contribution in [0.2, 0.25) is 0 Å². The number of phenolic OH excluding ortho intramolecular Hbond substituents is 1. The third kappa shape index (κ3) is 4.40. The molecule has 1 aromatic heterocycles. The summed E-state index contributed by atoms with van der Waals surface area (Å²) >= 11 is 0. The zero-order valence-electron chi connectivity index (χ0n) is 16.2. The summed E-state index contributed by atoms with van der Waals surface area (Å²) in [5.74, 6) is 0.633. The van der Waals surface area contributed by atoms with Crippen molar-refractivity contribution in [1.82, 2.24) is 0 Å². The van der Waals surface area contributed by atoms with Gasteiger partial charge in [0.05, 0.1) is 14.2 Å². The van der Waals surface area contributed by atoms with Crippen LogP contribution < -0.4 is 15.1 Å². The summed E-state index contributed by atoms with van der Waals surface area (Å²) in [6.45, 7) is 1.52. The van der Waals surface area contributed by atoms with Crippen molar-refractivity contribution < 1.29 is 28.5 Å². The molecule has 0 saturated heterocycles. The summed E-state index contributed by atoms with van der Waals surface area (Å²) in [5, 5.41) is 10.4. The van der Waals surface area contributed by atoms with Gasteiger partial charge in [0.1, 0.15) is 29.4 Å². The average molecular weight is 396 g/mol. The molecule has 7 nitrogen and oxygen atoms in total. The van der Waals surface area contributed by atoms with Gasteiger partial charge in [-0.1, -0.05) is 0 Å². The highest BCUT2D eigenvalue weighted by Crippen LogP contribution is 2.28. The van der Waals surface area contributed by atoms with Crippen molar-refractivity contribution in [3.63, 3.8) is 0 Å². The molecule has 0 aliphatic rings. The molecular formula is C22H20O7. The number of carbonyl (C=O) groups is 1. The van der Waals surface area contributed by atoms with Crippen molar-refractivity contribution in [2.75, 3.05) is 14.2 Å². The molecule has 3 aromatic rings. The minimum absolute atomic E-state index is 0.0185. The molecule has 150 valence electrons. The number of ether oxygens (including phenoxy) is 3. The maximum absolute atomic E-state index is 12.2. The monoisotopic (exact) mass is 396 g/mol. The predicted octanol–water partition coefficient (Wildman–Crippen LogP) is 3.58. The van der Waals surface area contributed by atoms with E-state index in [0.717, 1.165) is 0 Å². The third-order valence-electron chi connectivity index (χ3n) is 4.42. The van der Waals surface area contributed by atoms with Crippen molar-refractivity contribution in [1.29, 1.82) is 0 Å². The number of esters is 1. The van der Waals surface area contributed by atoms with Gasteiger partial charge in [-0.05, 0) is 43.3 Å². The van der Waals surface area contributed by atoms with Gasteiger partial charge < -0.3 is 23.7 Å². The van der Waals surface area contributed by atoms with Gasteiger partial charge in [-0.3, -0.25) is 0 Å². The van der Waals surface area contributed by atoms with Gasteiger partial charge in [-0.15, -0.1) is 0 Å². The number of phenols is 1. The number of fused-ring (bicyclic) bond motifs is 1. The highest BCUT2D eigenvalue weighted by molar-refractivity contribution is 5.88. The Hall–Kier alpha value is -3.74. The van der Waals surface area contributed by atoms with Crippen LogP contribution in [-0.4, -0.2) is 25.3 Å². The molecule has 0 amide bonds. The Bertz CT molecular complexity index is 1140. The second-order valence-corrected chi connectivity index (χ2v) is 6.23. The molecule has 0 atom stereocenters. The van der Waals surface area contributed by atoms with E-state index < -0.39 is 11.6 Å².